The highest BCUT2D eigenvalue weighted by molar-refractivity contribution is 4.88. The zero-order valence-electron chi connectivity index (χ0n) is 14.6. The SMILES string of the molecule is CCCCCOC(CCCCC)(CCCCC)C(O)CO. The van der Waals surface area contributed by atoms with Crippen molar-refractivity contribution >= 4 is 0 Å². The Bertz CT molecular complexity index is 209. The zero-order chi connectivity index (χ0) is 16.0. The first kappa shape index (κ1) is 20.9. The molecule has 0 aliphatic heterocycles. The van der Waals surface area contributed by atoms with Crippen LogP contribution in [0.3, 0.4) is 0 Å². The predicted octanol–water partition coefficient (Wildman–Crippen LogP) is 4.45. The Morgan fingerprint density at radius 3 is 1.71 bits per heavy atom. The molecule has 0 aromatic heterocycles. The summed E-state index contributed by atoms with van der Waals surface area (Å²) < 4.78 is 6.17. The fourth-order valence-corrected chi connectivity index (χ4v) is 2.84. The standard InChI is InChI=1S/C18H38O3/c1-4-7-10-13-18(17(20)16-19,14-11-8-5-2)21-15-12-9-6-3/h17,19-20H,4-16H2,1-3H3. The molecule has 0 heterocycles. The fourth-order valence-electron chi connectivity index (χ4n) is 2.84. The van der Waals surface area contributed by atoms with E-state index in [4.69, 9.17) is 4.74 Å². The quantitative estimate of drug-likeness (QED) is 0.439. The Hall–Kier alpha value is -0.120. The molecule has 1 atom stereocenters. The van der Waals surface area contributed by atoms with E-state index in [2.05, 4.69) is 20.8 Å². The van der Waals surface area contributed by atoms with E-state index in [0.717, 1.165) is 64.2 Å². The van der Waals surface area contributed by atoms with Crippen LogP contribution in [-0.4, -0.2) is 35.1 Å². The number of hydrogen-bond donors (Lipinski definition) is 2. The van der Waals surface area contributed by atoms with Gasteiger partial charge in [0.2, 0.25) is 0 Å². The van der Waals surface area contributed by atoms with Crippen LogP contribution in [0.1, 0.15) is 91.4 Å². The summed E-state index contributed by atoms with van der Waals surface area (Å²) in [6, 6.07) is 0. The minimum atomic E-state index is -0.757. The van der Waals surface area contributed by atoms with Gasteiger partial charge in [0, 0.05) is 6.61 Å². The van der Waals surface area contributed by atoms with E-state index < -0.39 is 11.7 Å². The lowest BCUT2D eigenvalue weighted by atomic mass is 9.85. The second kappa shape index (κ2) is 13.5. The van der Waals surface area contributed by atoms with E-state index in [1.54, 1.807) is 0 Å². The smallest absolute Gasteiger partial charge is 0.106 e. The molecule has 0 fully saturated rings. The first-order valence-corrected chi connectivity index (χ1v) is 9.09. The van der Waals surface area contributed by atoms with Gasteiger partial charge in [0.15, 0.2) is 0 Å². The van der Waals surface area contributed by atoms with Gasteiger partial charge in [-0.15, -0.1) is 0 Å². The number of rotatable bonds is 15. The maximum atomic E-state index is 10.3. The Morgan fingerprint density at radius 2 is 1.29 bits per heavy atom. The van der Waals surface area contributed by atoms with Crippen molar-refractivity contribution in [1.82, 2.24) is 0 Å². The Morgan fingerprint density at radius 1 is 0.810 bits per heavy atom. The largest absolute Gasteiger partial charge is 0.394 e. The van der Waals surface area contributed by atoms with E-state index in [0.29, 0.717) is 6.61 Å². The van der Waals surface area contributed by atoms with Gasteiger partial charge in [0.1, 0.15) is 6.10 Å². The molecule has 0 aliphatic carbocycles. The Balaban J connectivity index is 4.65. The summed E-state index contributed by atoms with van der Waals surface area (Å²) in [4.78, 5) is 0. The molecule has 0 saturated carbocycles. The third kappa shape index (κ3) is 8.80. The van der Waals surface area contributed by atoms with Crippen molar-refractivity contribution in [2.45, 2.75) is 103 Å². The summed E-state index contributed by atoms with van der Waals surface area (Å²) >= 11 is 0. The monoisotopic (exact) mass is 302 g/mol. The molecule has 21 heavy (non-hydrogen) atoms. The van der Waals surface area contributed by atoms with Crippen molar-refractivity contribution in [3.8, 4) is 0 Å². The van der Waals surface area contributed by atoms with Crippen LogP contribution in [0.4, 0.5) is 0 Å². The van der Waals surface area contributed by atoms with Gasteiger partial charge >= 0.3 is 0 Å². The van der Waals surface area contributed by atoms with Crippen molar-refractivity contribution < 1.29 is 14.9 Å². The van der Waals surface area contributed by atoms with Gasteiger partial charge in [-0.2, -0.15) is 0 Å². The van der Waals surface area contributed by atoms with Crippen LogP contribution in [0.5, 0.6) is 0 Å². The van der Waals surface area contributed by atoms with Crippen LogP contribution in [0, 0.1) is 0 Å². The average molecular weight is 302 g/mol. The Labute approximate surface area is 132 Å². The van der Waals surface area contributed by atoms with Crippen molar-refractivity contribution in [1.29, 1.82) is 0 Å². The lowest BCUT2D eigenvalue weighted by Gasteiger charge is -2.38. The molecule has 0 radical (unpaired) electrons. The van der Waals surface area contributed by atoms with Gasteiger partial charge in [-0.1, -0.05) is 72.1 Å². The lowest BCUT2D eigenvalue weighted by Crippen LogP contribution is -2.47. The molecule has 0 bridgehead atoms. The highest BCUT2D eigenvalue weighted by atomic mass is 16.5. The number of hydrogen-bond acceptors (Lipinski definition) is 3. The number of aliphatic hydroxyl groups is 2. The maximum Gasteiger partial charge on any atom is 0.106 e. The summed E-state index contributed by atoms with van der Waals surface area (Å²) in [6.45, 7) is 7.04. The normalized spacial score (nSPS) is 13.6. The zero-order valence-corrected chi connectivity index (χ0v) is 14.6. The van der Waals surface area contributed by atoms with Crippen LogP contribution in [0.2, 0.25) is 0 Å². The highest BCUT2D eigenvalue weighted by Crippen LogP contribution is 2.31. The molecule has 2 N–H and O–H groups in total. The maximum absolute atomic E-state index is 10.3. The van der Waals surface area contributed by atoms with E-state index in [1.165, 1.54) is 6.42 Å². The number of aliphatic hydroxyl groups excluding tert-OH is 2. The number of ether oxygens (including phenoxy) is 1. The second-order valence-corrected chi connectivity index (χ2v) is 6.23. The van der Waals surface area contributed by atoms with Crippen LogP contribution in [0.25, 0.3) is 0 Å². The molecule has 0 aliphatic rings. The minimum Gasteiger partial charge on any atom is -0.394 e. The third-order valence-electron chi connectivity index (χ3n) is 4.32. The lowest BCUT2D eigenvalue weighted by molar-refractivity contribution is -0.148. The van der Waals surface area contributed by atoms with Gasteiger partial charge in [0.05, 0.1) is 12.2 Å². The molecule has 3 nitrogen and oxygen atoms in total. The molecule has 0 spiro atoms. The number of unbranched alkanes of at least 4 members (excludes halogenated alkanes) is 6. The third-order valence-corrected chi connectivity index (χ3v) is 4.32. The average Bonchev–Trinajstić information content (AvgIpc) is 2.50. The van der Waals surface area contributed by atoms with Crippen molar-refractivity contribution in [3.63, 3.8) is 0 Å². The fraction of sp³-hybridized carbons (Fsp3) is 1.00. The van der Waals surface area contributed by atoms with Gasteiger partial charge < -0.3 is 14.9 Å². The van der Waals surface area contributed by atoms with E-state index >= 15 is 0 Å². The van der Waals surface area contributed by atoms with E-state index in [9.17, 15) is 10.2 Å². The van der Waals surface area contributed by atoms with Gasteiger partial charge in [-0.25, -0.2) is 0 Å². The summed E-state index contributed by atoms with van der Waals surface area (Å²) in [7, 11) is 0. The Kier molecular flexibility index (Phi) is 13.5. The molecule has 0 aromatic carbocycles. The van der Waals surface area contributed by atoms with Crippen molar-refractivity contribution in [2.24, 2.45) is 0 Å². The van der Waals surface area contributed by atoms with Crippen molar-refractivity contribution in [3.05, 3.63) is 0 Å². The summed E-state index contributed by atoms with van der Waals surface area (Å²) in [5.41, 5.74) is -0.535. The summed E-state index contributed by atoms with van der Waals surface area (Å²) in [5, 5.41) is 19.8. The highest BCUT2D eigenvalue weighted by Gasteiger charge is 2.37. The van der Waals surface area contributed by atoms with E-state index in [-0.39, 0.29) is 6.61 Å². The van der Waals surface area contributed by atoms with Crippen LogP contribution >= 0.6 is 0 Å². The molecule has 1 unspecified atom stereocenters. The molecule has 0 amide bonds. The predicted molar refractivity (Wildman–Crippen MR) is 89.6 cm³/mol. The molecule has 128 valence electrons. The molecule has 0 rings (SSSR count). The van der Waals surface area contributed by atoms with Gasteiger partial charge in [0.25, 0.3) is 0 Å². The summed E-state index contributed by atoms with van der Waals surface area (Å²) in [6.07, 6.45) is 11.1. The van der Waals surface area contributed by atoms with Crippen LogP contribution < -0.4 is 0 Å². The molecular weight excluding hydrogens is 264 g/mol. The van der Waals surface area contributed by atoms with Crippen molar-refractivity contribution in [2.75, 3.05) is 13.2 Å². The minimum absolute atomic E-state index is 0.202. The molecule has 3 heteroatoms. The van der Waals surface area contributed by atoms with E-state index in [1.807, 2.05) is 0 Å². The van der Waals surface area contributed by atoms with Crippen LogP contribution in [-0.2, 0) is 4.74 Å². The topological polar surface area (TPSA) is 49.7 Å². The molecule has 0 saturated heterocycles. The molecular formula is C18H38O3. The second-order valence-electron chi connectivity index (χ2n) is 6.23. The first-order chi connectivity index (χ1) is 10.2. The van der Waals surface area contributed by atoms with Gasteiger partial charge in [-0.05, 0) is 19.3 Å². The molecule has 0 aromatic rings. The first-order valence-electron chi connectivity index (χ1n) is 9.09. The van der Waals surface area contributed by atoms with Crippen LogP contribution in [0.15, 0.2) is 0 Å². The van der Waals surface area contributed by atoms with Gasteiger partial charge in [-0.3, -0.25) is 0 Å². The summed E-state index contributed by atoms with van der Waals surface area (Å²) in [5.74, 6) is 0.